The maximum atomic E-state index is 13.2. The minimum absolute atomic E-state index is 0.0893. The molecular formula is C15H21F2N3O2. The number of rotatable bonds is 7. The zero-order valence-electron chi connectivity index (χ0n) is 13.0. The molecule has 0 heterocycles. The van der Waals surface area contributed by atoms with Crippen LogP contribution in [0.4, 0.5) is 14.5 Å². The number of halogens is 2. The summed E-state index contributed by atoms with van der Waals surface area (Å²) in [4.78, 5) is 26.5. The molecule has 7 heteroatoms. The molecule has 0 saturated carbocycles. The fraction of sp³-hybridized carbons (Fsp3) is 0.467. The van der Waals surface area contributed by atoms with E-state index in [4.69, 9.17) is 0 Å². The monoisotopic (exact) mass is 313 g/mol. The molecule has 22 heavy (non-hydrogen) atoms. The van der Waals surface area contributed by atoms with E-state index < -0.39 is 11.6 Å². The van der Waals surface area contributed by atoms with Gasteiger partial charge in [-0.2, -0.15) is 0 Å². The van der Waals surface area contributed by atoms with Crippen molar-refractivity contribution in [3.63, 3.8) is 0 Å². The summed E-state index contributed by atoms with van der Waals surface area (Å²) in [6.07, 6.45) is 0.0893. The number of amides is 2. The van der Waals surface area contributed by atoms with Gasteiger partial charge in [0.05, 0.1) is 0 Å². The summed E-state index contributed by atoms with van der Waals surface area (Å²) in [5.41, 5.74) is 0.229. The van der Waals surface area contributed by atoms with E-state index in [1.165, 1.54) is 17.9 Å². The van der Waals surface area contributed by atoms with Gasteiger partial charge in [0.15, 0.2) is 11.6 Å². The van der Waals surface area contributed by atoms with Crippen LogP contribution in [0, 0.1) is 11.6 Å². The van der Waals surface area contributed by atoms with Crippen molar-refractivity contribution in [2.24, 2.45) is 0 Å². The Kier molecular flexibility index (Phi) is 6.91. The first-order valence-corrected chi connectivity index (χ1v) is 6.96. The van der Waals surface area contributed by atoms with Gasteiger partial charge in [0, 0.05) is 44.7 Å². The predicted molar refractivity (Wildman–Crippen MR) is 80.6 cm³/mol. The van der Waals surface area contributed by atoms with Crippen LogP contribution in [0.5, 0.6) is 0 Å². The van der Waals surface area contributed by atoms with E-state index in [0.717, 1.165) is 12.1 Å². The minimum Gasteiger partial charge on any atom is -0.355 e. The highest BCUT2D eigenvalue weighted by Crippen LogP contribution is 2.18. The van der Waals surface area contributed by atoms with Crippen molar-refractivity contribution in [1.29, 1.82) is 0 Å². The maximum absolute atomic E-state index is 13.2. The molecule has 0 radical (unpaired) electrons. The van der Waals surface area contributed by atoms with Crippen LogP contribution < -0.4 is 10.2 Å². The summed E-state index contributed by atoms with van der Waals surface area (Å²) in [5, 5.41) is 2.73. The van der Waals surface area contributed by atoms with Crippen molar-refractivity contribution < 1.29 is 18.4 Å². The highest BCUT2D eigenvalue weighted by atomic mass is 19.2. The van der Waals surface area contributed by atoms with Crippen molar-refractivity contribution in [2.45, 2.75) is 13.3 Å². The van der Waals surface area contributed by atoms with Gasteiger partial charge in [-0.05, 0) is 26.2 Å². The van der Waals surface area contributed by atoms with Crippen LogP contribution in [-0.2, 0) is 9.59 Å². The number of carbonyl (C=O) groups excluding carboxylic acids is 2. The number of anilines is 1. The molecule has 2 amide bonds. The molecule has 0 fully saturated rings. The van der Waals surface area contributed by atoms with Gasteiger partial charge >= 0.3 is 0 Å². The van der Waals surface area contributed by atoms with Gasteiger partial charge < -0.3 is 15.1 Å². The van der Waals surface area contributed by atoms with Crippen LogP contribution in [0.25, 0.3) is 0 Å². The van der Waals surface area contributed by atoms with Gasteiger partial charge in [-0.25, -0.2) is 8.78 Å². The van der Waals surface area contributed by atoms with Crippen LogP contribution in [0.3, 0.4) is 0 Å². The van der Waals surface area contributed by atoms with Gasteiger partial charge in [0.1, 0.15) is 0 Å². The highest BCUT2D eigenvalue weighted by molar-refractivity contribution is 5.92. The SMILES string of the molecule is CC(=O)N(CCC(=O)NCCN(C)C)c1ccc(F)c(F)c1. The number of nitrogens with zero attached hydrogens (tertiary/aromatic N) is 2. The van der Waals surface area contributed by atoms with Crippen LogP contribution in [0.1, 0.15) is 13.3 Å². The maximum Gasteiger partial charge on any atom is 0.223 e. The van der Waals surface area contributed by atoms with E-state index in [-0.39, 0.29) is 30.5 Å². The Balaban J connectivity index is 2.60. The lowest BCUT2D eigenvalue weighted by atomic mass is 10.2. The molecule has 0 saturated heterocycles. The Hall–Kier alpha value is -2.02. The fourth-order valence-corrected chi connectivity index (χ4v) is 1.84. The summed E-state index contributed by atoms with van der Waals surface area (Å²) < 4.78 is 26.2. The van der Waals surface area contributed by atoms with Gasteiger partial charge in [-0.1, -0.05) is 0 Å². The lowest BCUT2D eigenvalue weighted by Crippen LogP contribution is -2.36. The summed E-state index contributed by atoms with van der Waals surface area (Å²) in [7, 11) is 3.79. The van der Waals surface area contributed by atoms with E-state index in [0.29, 0.717) is 13.1 Å². The van der Waals surface area contributed by atoms with E-state index in [2.05, 4.69) is 5.32 Å². The Morgan fingerprint density at radius 1 is 1.14 bits per heavy atom. The molecular weight excluding hydrogens is 292 g/mol. The molecule has 122 valence electrons. The van der Waals surface area contributed by atoms with Crippen LogP contribution >= 0.6 is 0 Å². The van der Waals surface area contributed by atoms with E-state index in [1.807, 2.05) is 19.0 Å². The molecule has 0 aromatic heterocycles. The summed E-state index contributed by atoms with van der Waals surface area (Å²) in [6.45, 7) is 2.64. The molecule has 0 aliphatic carbocycles. The number of benzene rings is 1. The second-order valence-electron chi connectivity index (χ2n) is 5.17. The largest absolute Gasteiger partial charge is 0.355 e. The number of likely N-dealkylation sites (N-methyl/N-ethyl adjacent to an activating group) is 1. The van der Waals surface area contributed by atoms with Crippen LogP contribution in [0.15, 0.2) is 18.2 Å². The Morgan fingerprint density at radius 2 is 1.82 bits per heavy atom. The van der Waals surface area contributed by atoms with Crippen molar-refractivity contribution >= 4 is 17.5 Å². The fourth-order valence-electron chi connectivity index (χ4n) is 1.84. The van der Waals surface area contributed by atoms with Gasteiger partial charge in [-0.3, -0.25) is 9.59 Å². The molecule has 0 aliphatic rings. The zero-order valence-corrected chi connectivity index (χ0v) is 13.0. The van der Waals surface area contributed by atoms with Crippen LogP contribution in [-0.4, -0.2) is 50.4 Å². The molecule has 1 N–H and O–H groups in total. The van der Waals surface area contributed by atoms with Crippen molar-refractivity contribution in [3.05, 3.63) is 29.8 Å². The van der Waals surface area contributed by atoms with Crippen molar-refractivity contribution in [3.8, 4) is 0 Å². The molecule has 0 unspecified atom stereocenters. The molecule has 0 bridgehead atoms. The first-order valence-electron chi connectivity index (χ1n) is 6.96. The van der Waals surface area contributed by atoms with Gasteiger partial charge in [0.25, 0.3) is 0 Å². The highest BCUT2D eigenvalue weighted by Gasteiger charge is 2.15. The Bertz CT molecular complexity index is 536. The number of hydrogen-bond donors (Lipinski definition) is 1. The van der Waals surface area contributed by atoms with Gasteiger partial charge in [-0.15, -0.1) is 0 Å². The third kappa shape index (κ3) is 5.77. The molecule has 1 aromatic rings. The predicted octanol–water partition coefficient (Wildman–Crippen LogP) is 1.39. The van der Waals surface area contributed by atoms with E-state index >= 15 is 0 Å². The molecule has 1 rings (SSSR count). The lowest BCUT2D eigenvalue weighted by molar-refractivity contribution is -0.121. The molecule has 0 spiro atoms. The summed E-state index contributed by atoms with van der Waals surface area (Å²) in [5.74, 6) is -2.55. The third-order valence-electron chi connectivity index (χ3n) is 3.04. The number of carbonyl (C=O) groups is 2. The van der Waals surface area contributed by atoms with E-state index in [9.17, 15) is 18.4 Å². The minimum atomic E-state index is -1.03. The second kappa shape index (κ2) is 8.43. The quantitative estimate of drug-likeness (QED) is 0.827. The summed E-state index contributed by atoms with van der Waals surface area (Å²) >= 11 is 0. The van der Waals surface area contributed by atoms with Crippen LogP contribution in [0.2, 0.25) is 0 Å². The van der Waals surface area contributed by atoms with Crippen molar-refractivity contribution in [2.75, 3.05) is 38.6 Å². The Morgan fingerprint density at radius 3 is 2.36 bits per heavy atom. The molecule has 0 aliphatic heterocycles. The van der Waals surface area contributed by atoms with Gasteiger partial charge in [0.2, 0.25) is 11.8 Å². The zero-order chi connectivity index (χ0) is 16.7. The Labute approximate surface area is 128 Å². The van der Waals surface area contributed by atoms with E-state index in [1.54, 1.807) is 0 Å². The number of hydrogen-bond acceptors (Lipinski definition) is 3. The average molecular weight is 313 g/mol. The second-order valence-corrected chi connectivity index (χ2v) is 5.17. The average Bonchev–Trinajstić information content (AvgIpc) is 2.42. The topological polar surface area (TPSA) is 52.7 Å². The smallest absolute Gasteiger partial charge is 0.223 e. The molecule has 5 nitrogen and oxygen atoms in total. The number of nitrogens with one attached hydrogen (secondary N) is 1. The standard InChI is InChI=1S/C15H21F2N3O2/c1-11(21)20(12-4-5-13(16)14(17)10-12)8-6-15(22)18-7-9-19(2)3/h4-5,10H,6-9H2,1-3H3,(H,18,22). The normalized spacial score (nSPS) is 10.6. The summed E-state index contributed by atoms with van der Waals surface area (Å²) in [6, 6.07) is 3.21. The molecule has 0 atom stereocenters. The van der Waals surface area contributed by atoms with Crippen molar-refractivity contribution in [1.82, 2.24) is 10.2 Å². The molecule has 1 aromatic carbocycles. The lowest BCUT2D eigenvalue weighted by Gasteiger charge is -2.21. The first kappa shape index (κ1) is 18.0. The third-order valence-corrected chi connectivity index (χ3v) is 3.04. The first-order chi connectivity index (χ1) is 10.3.